The first kappa shape index (κ1) is 15.3. The van der Waals surface area contributed by atoms with Gasteiger partial charge in [-0.3, -0.25) is 9.59 Å². The number of carbonyl (C=O) groups excluding carboxylic acids is 2. The Hall–Kier alpha value is -1.07. The lowest BCUT2D eigenvalue weighted by molar-refractivity contribution is -0.154. The highest BCUT2D eigenvalue weighted by Crippen LogP contribution is 2.34. The third kappa shape index (κ3) is 2.83. The summed E-state index contributed by atoms with van der Waals surface area (Å²) >= 11 is 1.60. The highest BCUT2D eigenvalue weighted by atomic mass is 32.2. The summed E-state index contributed by atoms with van der Waals surface area (Å²) in [5, 5.41) is 9.74. The molecule has 0 aromatic rings. The molecule has 2 rings (SSSR count). The number of ether oxygens (including phenoxy) is 1. The molecule has 2 aliphatic rings. The van der Waals surface area contributed by atoms with E-state index in [1.54, 1.807) is 31.7 Å². The van der Waals surface area contributed by atoms with Gasteiger partial charge in [0, 0.05) is 24.3 Å². The Morgan fingerprint density at radius 1 is 1.50 bits per heavy atom. The van der Waals surface area contributed by atoms with Gasteiger partial charge in [0.25, 0.3) is 0 Å². The molecule has 2 atom stereocenters. The maximum absolute atomic E-state index is 12.3. The third-order valence-electron chi connectivity index (χ3n) is 3.94. The monoisotopic (exact) mass is 296 g/mol. The van der Waals surface area contributed by atoms with Crippen molar-refractivity contribution in [1.29, 1.82) is 0 Å². The minimum atomic E-state index is -1.05. The Labute approximate surface area is 123 Å². The molecule has 0 amide bonds. The van der Waals surface area contributed by atoms with E-state index >= 15 is 0 Å². The van der Waals surface area contributed by atoms with Crippen molar-refractivity contribution in [1.82, 2.24) is 0 Å². The van der Waals surface area contributed by atoms with Crippen molar-refractivity contribution >= 4 is 23.5 Å². The number of thioether (sulfide) groups is 1. The summed E-state index contributed by atoms with van der Waals surface area (Å²) in [6.07, 6.45) is 2.05. The normalized spacial score (nSPS) is 31.1. The first-order valence-corrected chi connectivity index (χ1v) is 7.89. The van der Waals surface area contributed by atoms with Crippen molar-refractivity contribution in [2.75, 3.05) is 11.5 Å². The SMILES string of the molecule is CC1=CC(OC(=O)C2(C)CSCCC2=O)=C(C)CC1O. The van der Waals surface area contributed by atoms with Crippen LogP contribution < -0.4 is 0 Å². The molecule has 1 aliphatic heterocycles. The Balaban J connectivity index is 2.16. The lowest BCUT2D eigenvalue weighted by Crippen LogP contribution is -2.43. The van der Waals surface area contributed by atoms with Gasteiger partial charge in [0.2, 0.25) is 0 Å². The zero-order valence-electron chi connectivity index (χ0n) is 12.1. The zero-order chi connectivity index (χ0) is 14.9. The van der Waals surface area contributed by atoms with Crippen LogP contribution in [0.2, 0.25) is 0 Å². The molecule has 2 unspecified atom stereocenters. The second-order valence-corrected chi connectivity index (χ2v) is 6.81. The fourth-order valence-corrected chi connectivity index (χ4v) is 3.44. The minimum Gasteiger partial charge on any atom is -0.426 e. The molecular formula is C15H20O4S. The molecule has 1 aliphatic carbocycles. The molecule has 1 heterocycles. The van der Waals surface area contributed by atoms with E-state index in [1.165, 1.54) is 0 Å². The van der Waals surface area contributed by atoms with E-state index in [4.69, 9.17) is 4.74 Å². The molecule has 0 aromatic carbocycles. The number of carbonyl (C=O) groups is 2. The van der Waals surface area contributed by atoms with Gasteiger partial charge in [-0.05, 0) is 38.0 Å². The Bertz CT molecular complexity index is 506. The van der Waals surface area contributed by atoms with Crippen LogP contribution in [0, 0.1) is 5.41 Å². The van der Waals surface area contributed by atoms with Gasteiger partial charge in [-0.2, -0.15) is 11.8 Å². The number of esters is 1. The number of ketones is 1. The quantitative estimate of drug-likeness (QED) is 0.625. The summed E-state index contributed by atoms with van der Waals surface area (Å²) in [6, 6.07) is 0. The molecule has 1 fully saturated rings. The number of hydrogen-bond donors (Lipinski definition) is 1. The molecule has 4 nitrogen and oxygen atoms in total. The molecule has 1 saturated heterocycles. The minimum absolute atomic E-state index is 0.0453. The molecule has 110 valence electrons. The van der Waals surface area contributed by atoms with E-state index in [2.05, 4.69) is 0 Å². The van der Waals surface area contributed by atoms with Gasteiger partial charge in [-0.15, -0.1) is 0 Å². The topological polar surface area (TPSA) is 63.6 Å². The van der Waals surface area contributed by atoms with Gasteiger partial charge < -0.3 is 9.84 Å². The number of aliphatic hydroxyl groups is 1. The molecule has 0 aromatic heterocycles. The second kappa shape index (κ2) is 5.74. The number of hydrogen-bond acceptors (Lipinski definition) is 5. The standard InChI is InChI=1S/C15H20O4S/c1-9-7-12(10(2)6-11(9)16)19-14(18)15(3)8-20-5-4-13(15)17/h7,11,16H,4-6,8H2,1-3H3. The van der Waals surface area contributed by atoms with Crippen LogP contribution in [-0.4, -0.2) is 34.5 Å². The summed E-state index contributed by atoms with van der Waals surface area (Å²) < 4.78 is 5.45. The van der Waals surface area contributed by atoms with Gasteiger partial charge in [0.05, 0.1) is 6.10 Å². The summed E-state index contributed by atoms with van der Waals surface area (Å²) in [6.45, 7) is 5.29. The number of aliphatic hydroxyl groups excluding tert-OH is 1. The number of allylic oxidation sites excluding steroid dienone is 1. The van der Waals surface area contributed by atoms with Crippen molar-refractivity contribution in [3.8, 4) is 0 Å². The van der Waals surface area contributed by atoms with Crippen molar-refractivity contribution in [3.05, 3.63) is 23.0 Å². The summed E-state index contributed by atoms with van der Waals surface area (Å²) in [4.78, 5) is 24.4. The molecule has 0 bridgehead atoms. The first-order chi connectivity index (χ1) is 9.34. The molecule has 5 heteroatoms. The van der Waals surface area contributed by atoms with Crippen molar-refractivity contribution in [2.45, 2.75) is 39.7 Å². The predicted octanol–water partition coefficient (Wildman–Crippen LogP) is 2.23. The van der Waals surface area contributed by atoms with Crippen molar-refractivity contribution < 1.29 is 19.4 Å². The maximum atomic E-state index is 12.3. The summed E-state index contributed by atoms with van der Waals surface area (Å²) in [7, 11) is 0. The molecule has 0 saturated carbocycles. The van der Waals surface area contributed by atoms with Gasteiger partial charge in [0.1, 0.15) is 11.2 Å². The van der Waals surface area contributed by atoms with Gasteiger partial charge in [-0.25, -0.2) is 0 Å². The van der Waals surface area contributed by atoms with E-state index in [1.807, 2.05) is 6.92 Å². The zero-order valence-corrected chi connectivity index (χ0v) is 12.9. The van der Waals surface area contributed by atoms with Crippen LogP contribution in [0.15, 0.2) is 23.0 Å². The van der Waals surface area contributed by atoms with Crippen LogP contribution in [-0.2, 0) is 14.3 Å². The molecule has 1 N–H and O–H groups in total. The van der Waals surface area contributed by atoms with Gasteiger partial charge in [0.15, 0.2) is 5.78 Å². The highest BCUT2D eigenvalue weighted by molar-refractivity contribution is 7.99. The van der Waals surface area contributed by atoms with Crippen LogP contribution in [0.4, 0.5) is 0 Å². The average Bonchev–Trinajstić information content (AvgIpc) is 2.39. The lowest BCUT2D eigenvalue weighted by atomic mass is 9.86. The Morgan fingerprint density at radius 3 is 2.85 bits per heavy atom. The largest absolute Gasteiger partial charge is 0.426 e. The van der Waals surface area contributed by atoms with Crippen molar-refractivity contribution in [3.63, 3.8) is 0 Å². The molecular weight excluding hydrogens is 276 g/mol. The van der Waals surface area contributed by atoms with E-state index in [0.717, 1.165) is 16.9 Å². The fourth-order valence-electron chi connectivity index (χ4n) is 2.28. The summed E-state index contributed by atoms with van der Waals surface area (Å²) in [5.74, 6) is 1.19. The smallest absolute Gasteiger partial charge is 0.325 e. The maximum Gasteiger partial charge on any atom is 0.325 e. The second-order valence-electron chi connectivity index (χ2n) is 5.70. The van der Waals surface area contributed by atoms with Crippen LogP contribution in [0.3, 0.4) is 0 Å². The van der Waals surface area contributed by atoms with Crippen LogP contribution in [0.1, 0.15) is 33.6 Å². The Kier molecular flexibility index (Phi) is 4.39. The van der Waals surface area contributed by atoms with E-state index in [9.17, 15) is 14.7 Å². The number of Topliss-reactive ketones (excluding diaryl/α,β-unsaturated/α-hetero) is 1. The van der Waals surface area contributed by atoms with Crippen LogP contribution in [0.25, 0.3) is 0 Å². The molecule has 0 radical (unpaired) electrons. The molecule has 0 spiro atoms. The fraction of sp³-hybridized carbons (Fsp3) is 0.600. The average molecular weight is 296 g/mol. The van der Waals surface area contributed by atoms with Gasteiger partial charge >= 0.3 is 5.97 Å². The van der Waals surface area contributed by atoms with Gasteiger partial charge in [-0.1, -0.05) is 0 Å². The van der Waals surface area contributed by atoms with E-state index in [-0.39, 0.29) is 5.78 Å². The Morgan fingerprint density at radius 2 is 2.20 bits per heavy atom. The van der Waals surface area contributed by atoms with E-state index in [0.29, 0.717) is 24.4 Å². The summed E-state index contributed by atoms with van der Waals surface area (Å²) in [5.41, 5.74) is 0.553. The lowest BCUT2D eigenvalue weighted by Gasteiger charge is -2.30. The van der Waals surface area contributed by atoms with Crippen LogP contribution in [0.5, 0.6) is 0 Å². The number of rotatable bonds is 2. The predicted molar refractivity (Wildman–Crippen MR) is 78.2 cm³/mol. The van der Waals surface area contributed by atoms with Crippen molar-refractivity contribution in [2.24, 2.45) is 5.41 Å². The highest BCUT2D eigenvalue weighted by Gasteiger charge is 2.44. The van der Waals surface area contributed by atoms with E-state index < -0.39 is 17.5 Å². The third-order valence-corrected chi connectivity index (χ3v) is 5.21. The van der Waals surface area contributed by atoms with Crippen LogP contribution >= 0.6 is 11.8 Å². The molecule has 20 heavy (non-hydrogen) atoms. The first-order valence-electron chi connectivity index (χ1n) is 6.74.